The fourth-order valence-electron chi connectivity index (χ4n) is 8.04. The van der Waals surface area contributed by atoms with E-state index in [2.05, 4.69) is 24.4 Å². The van der Waals surface area contributed by atoms with Crippen LogP contribution in [-0.4, -0.2) is 86.4 Å². The van der Waals surface area contributed by atoms with E-state index in [0.29, 0.717) is 51.5 Å². The van der Waals surface area contributed by atoms with Crippen molar-refractivity contribution in [2.75, 3.05) is 19.4 Å². The van der Waals surface area contributed by atoms with Crippen LogP contribution in [0.2, 0.25) is 10.0 Å². The lowest BCUT2D eigenvalue weighted by Gasteiger charge is -2.45. The monoisotopic (exact) mass is 928 g/mol. The number of ether oxygens (including phenoxy) is 2. The van der Waals surface area contributed by atoms with E-state index in [1.165, 1.54) is 65.5 Å². The highest BCUT2D eigenvalue weighted by molar-refractivity contribution is 7.12. The second kappa shape index (κ2) is 16.5. The van der Waals surface area contributed by atoms with Crippen molar-refractivity contribution in [3.8, 4) is 5.75 Å². The van der Waals surface area contributed by atoms with Gasteiger partial charge in [-0.25, -0.2) is 9.18 Å². The van der Waals surface area contributed by atoms with Gasteiger partial charge in [0.05, 0.1) is 45.1 Å². The largest absolute Gasteiger partial charge is 1.00 e. The third-order valence-electron chi connectivity index (χ3n) is 11.0. The minimum absolute atomic E-state index is 0. The van der Waals surface area contributed by atoms with Gasteiger partial charge in [0, 0.05) is 48.9 Å². The SMILES string of the molecule is C[N+]1(C)C2CC(OC(=O)C(O)(c3cccs3)c3cccs3)CC1[C@@H]1O[C@H]21.O=C(Nc1c(Cl)cncc1Cl)C(=O)c1cn(Cc2ccc(F)cc2)c2ccc(O)cc12.[Br-]. The summed E-state index contributed by atoms with van der Waals surface area (Å²) < 4.78 is 27.6. The Morgan fingerprint density at radius 3 is 2.16 bits per heavy atom. The number of morpholine rings is 1. The topological polar surface area (TPSA) is 143 Å². The van der Waals surface area contributed by atoms with Crippen LogP contribution >= 0.6 is 45.9 Å². The highest BCUT2D eigenvalue weighted by Gasteiger charge is 2.71. The molecule has 4 aromatic heterocycles. The van der Waals surface area contributed by atoms with Crippen LogP contribution in [0, 0.1) is 5.82 Å². The van der Waals surface area contributed by atoms with Crippen LogP contribution in [0.4, 0.5) is 10.1 Å². The van der Waals surface area contributed by atoms with Crippen molar-refractivity contribution in [3.63, 3.8) is 0 Å². The number of carbonyl (C=O) groups excluding carboxylic acids is 3. The average Bonchev–Trinajstić information content (AvgIpc) is 3.56. The zero-order chi connectivity index (χ0) is 40.2. The maximum atomic E-state index is 13.2. The molecule has 7 heterocycles. The van der Waals surface area contributed by atoms with E-state index in [-0.39, 0.29) is 55.9 Å². The number of epoxide rings is 1. The second-order valence-electron chi connectivity index (χ2n) is 14.8. The van der Waals surface area contributed by atoms with Crippen LogP contribution in [0.1, 0.15) is 38.5 Å². The fraction of sp³-hybridized carbons (Fsp3) is 0.268. The molecule has 0 saturated carbocycles. The van der Waals surface area contributed by atoms with Gasteiger partial charge in [0.1, 0.15) is 42.0 Å². The number of aliphatic hydroxyl groups is 1. The number of halogens is 4. The number of fused-ring (bicyclic) bond motifs is 6. The van der Waals surface area contributed by atoms with Gasteiger partial charge in [0.15, 0.2) is 0 Å². The molecule has 0 radical (unpaired) electrons. The van der Waals surface area contributed by atoms with Gasteiger partial charge in [-0.2, -0.15) is 0 Å². The highest BCUT2D eigenvalue weighted by atomic mass is 79.9. The molecule has 11 nitrogen and oxygen atoms in total. The number of hydrogen-bond donors (Lipinski definition) is 3. The summed E-state index contributed by atoms with van der Waals surface area (Å²) in [5.74, 6) is -2.75. The zero-order valence-corrected chi connectivity index (χ0v) is 35.6. The lowest BCUT2D eigenvalue weighted by molar-refractivity contribution is -0.938. The van der Waals surface area contributed by atoms with Gasteiger partial charge in [0.25, 0.3) is 11.7 Å². The van der Waals surface area contributed by atoms with Crippen LogP contribution in [-0.2, 0) is 31.2 Å². The van der Waals surface area contributed by atoms with Crippen molar-refractivity contribution in [3.05, 3.63) is 133 Å². The first kappa shape index (κ1) is 42.0. The number of Topliss-reactive ketones (excluding diaryl/α,β-unsaturated/α-hetero) is 1. The number of anilines is 1. The number of thiophene rings is 2. The lowest BCUT2D eigenvalue weighted by atomic mass is 9.95. The number of piperidine rings is 1. The Kier molecular flexibility index (Phi) is 11.9. The number of rotatable bonds is 9. The number of quaternary nitrogens is 1. The Labute approximate surface area is 360 Å². The summed E-state index contributed by atoms with van der Waals surface area (Å²) in [5.41, 5.74) is -0.132. The lowest BCUT2D eigenvalue weighted by Crippen LogP contribution is -3.00. The van der Waals surface area contributed by atoms with Gasteiger partial charge in [-0.3, -0.25) is 14.6 Å². The normalized spacial score (nSPS) is 21.2. The molecule has 3 unspecified atom stereocenters. The Bertz CT molecular complexity index is 2410. The molecule has 5 atom stereocenters. The smallest absolute Gasteiger partial charge is 0.349 e. The third-order valence-corrected chi connectivity index (χ3v) is 13.6. The molecule has 2 bridgehead atoms. The van der Waals surface area contributed by atoms with Gasteiger partial charge in [-0.05, 0) is 58.8 Å². The average molecular weight is 931 g/mol. The van der Waals surface area contributed by atoms with Gasteiger partial charge in [-0.15, -0.1) is 22.7 Å². The number of hydrogen-bond acceptors (Lipinski definition) is 10. The first-order valence-corrected chi connectivity index (χ1v) is 20.5. The Morgan fingerprint density at radius 1 is 0.983 bits per heavy atom. The van der Waals surface area contributed by atoms with E-state index in [0.717, 1.165) is 22.9 Å². The number of likely N-dealkylation sites (N-methyl/N-ethyl adjacent to an activating group) is 1. The first-order valence-electron chi connectivity index (χ1n) is 18.0. The zero-order valence-electron chi connectivity index (χ0n) is 30.9. The molecule has 3 fully saturated rings. The summed E-state index contributed by atoms with van der Waals surface area (Å²) in [6.45, 7) is 0.332. The predicted octanol–water partition coefficient (Wildman–Crippen LogP) is 4.41. The number of carbonyl (C=O) groups is 3. The number of esters is 1. The van der Waals surface area contributed by atoms with E-state index < -0.39 is 23.3 Å². The number of ketones is 1. The number of phenols is 1. The molecule has 3 N–H and O–H groups in total. The van der Waals surface area contributed by atoms with Crippen LogP contribution in [0.15, 0.2) is 96.1 Å². The fourth-order valence-corrected chi connectivity index (χ4v) is 10.2. The van der Waals surface area contributed by atoms with E-state index in [1.54, 1.807) is 34.9 Å². The van der Waals surface area contributed by atoms with Crippen LogP contribution in [0.3, 0.4) is 0 Å². The number of nitrogens with zero attached hydrogens (tertiary/aromatic N) is 3. The van der Waals surface area contributed by atoms with Crippen molar-refractivity contribution in [2.24, 2.45) is 0 Å². The minimum Gasteiger partial charge on any atom is -1.00 e. The van der Waals surface area contributed by atoms with Crippen molar-refractivity contribution >= 4 is 80.1 Å². The van der Waals surface area contributed by atoms with Crippen LogP contribution in [0.25, 0.3) is 10.9 Å². The molecule has 17 heteroatoms. The van der Waals surface area contributed by atoms with Gasteiger partial charge in [0.2, 0.25) is 5.60 Å². The number of pyridine rings is 1. The molecule has 0 spiro atoms. The van der Waals surface area contributed by atoms with E-state index >= 15 is 0 Å². The Balaban J connectivity index is 0.000000176. The van der Waals surface area contributed by atoms with Crippen LogP contribution in [0.5, 0.6) is 5.75 Å². The number of nitrogens with one attached hydrogen (secondary N) is 1. The number of amides is 1. The van der Waals surface area contributed by atoms with Crippen molar-refractivity contribution in [2.45, 2.75) is 55.4 Å². The minimum atomic E-state index is -1.72. The van der Waals surface area contributed by atoms with E-state index in [1.807, 2.05) is 22.9 Å². The van der Waals surface area contributed by atoms with Crippen molar-refractivity contribution in [1.82, 2.24) is 9.55 Å². The predicted molar refractivity (Wildman–Crippen MR) is 215 cm³/mol. The quantitative estimate of drug-likeness (QED) is 0.0637. The van der Waals surface area contributed by atoms with Crippen LogP contribution < -0.4 is 22.3 Å². The number of phenolic OH excluding ortho intramolecular Hbond substituents is 1. The van der Waals surface area contributed by atoms with Gasteiger partial charge >= 0.3 is 5.97 Å². The van der Waals surface area contributed by atoms with E-state index in [9.17, 15) is 29.0 Å². The molecular formula is C41H36BrCl2FN4O7S2. The summed E-state index contributed by atoms with van der Waals surface area (Å²) in [4.78, 5) is 43.7. The van der Waals surface area contributed by atoms with E-state index in [4.69, 9.17) is 32.7 Å². The molecule has 3 aliphatic heterocycles. The summed E-state index contributed by atoms with van der Waals surface area (Å²) in [5, 5.41) is 28.0. The number of aromatic hydroxyl groups is 1. The molecule has 2 aromatic carbocycles. The molecule has 0 aliphatic carbocycles. The summed E-state index contributed by atoms with van der Waals surface area (Å²) >= 11 is 14.8. The molecule has 3 saturated heterocycles. The molecular weight excluding hydrogens is 894 g/mol. The molecule has 58 heavy (non-hydrogen) atoms. The molecule has 6 aromatic rings. The molecule has 9 rings (SSSR count). The first-order chi connectivity index (χ1) is 27.2. The van der Waals surface area contributed by atoms with Gasteiger partial charge in [-0.1, -0.05) is 47.5 Å². The second-order valence-corrected chi connectivity index (χ2v) is 17.5. The Hall–Kier alpha value is -4.19. The standard InChI is InChI=1S/C22H14Cl2FN3O3.C19H22NO4S2.BrH/c23-17-8-26-9-18(24)20(17)27-22(31)21(30)16-11-28(10-12-1-3-13(25)4-2-12)19-6-5-14(29)7-15(16)19;1-20(2)12-9-11(10-13(20)17-16(12)24-17)23-18(21)19(22,14-5-3-7-25-14)15-6-4-8-26-15;/h1-9,11,29H,10H2,(H,26,27,31);3-8,11-13,16-17,22H,9-10H2,1-2H3;1H/q;+1;/p-1/t;11?,12?,13?,16-,17+;. The molecule has 1 amide bonds. The summed E-state index contributed by atoms with van der Waals surface area (Å²) in [6.07, 6.45) is 6.15. The summed E-state index contributed by atoms with van der Waals surface area (Å²) in [6, 6.07) is 18.5. The maximum absolute atomic E-state index is 13.2. The van der Waals surface area contributed by atoms with Gasteiger partial charge < -0.3 is 51.0 Å². The maximum Gasteiger partial charge on any atom is 0.349 e. The Morgan fingerprint density at radius 2 is 1.59 bits per heavy atom. The number of benzene rings is 2. The third kappa shape index (κ3) is 7.82. The van der Waals surface area contributed by atoms with Crippen molar-refractivity contribution in [1.29, 1.82) is 0 Å². The highest BCUT2D eigenvalue weighted by Crippen LogP contribution is 2.52. The number of aromatic nitrogens is 2. The molecule has 302 valence electrons. The van der Waals surface area contributed by atoms with Crippen molar-refractivity contribution < 1.29 is 59.9 Å². The summed E-state index contributed by atoms with van der Waals surface area (Å²) in [7, 11) is 4.49. The molecule has 3 aliphatic rings.